The number of nitrogens with one attached hydrogen (secondary N) is 1. The first-order chi connectivity index (χ1) is 13.3. The first kappa shape index (κ1) is 20.6. The lowest BCUT2D eigenvalue weighted by molar-refractivity contribution is 0.579. The van der Waals surface area contributed by atoms with Crippen LogP contribution in [0.25, 0.3) is 10.2 Å². The van der Waals surface area contributed by atoms with Crippen LogP contribution in [-0.4, -0.2) is 33.1 Å². The van der Waals surface area contributed by atoms with Crippen LogP contribution in [0.5, 0.6) is 0 Å². The molecule has 0 spiro atoms. The lowest BCUT2D eigenvalue weighted by Gasteiger charge is -2.19. The summed E-state index contributed by atoms with van der Waals surface area (Å²) in [6.07, 6.45) is 0.684. The van der Waals surface area contributed by atoms with Gasteiger partial charge in [0, 0.05) is 31.9 Å². The number of para-hydroxylation sites is 1. The summed E-state index contributed by atoms with van der Waals surface area (Å²) in [4.78, 5) is 14.4. The predicted octanol–water partition coefficient (Wildman–Crippen LogP) is 3.45. The van der Waals surface area contributed by atoms with Crippen LogP contribution in [0.15, 0.2) is 58.2 Å². The number of fused-ring (bicyclic) bond motifs is 1. The van der Waals surface area contributed by atoms with Crippen LogP contribution < -0.4 is 14.5 Å². The number of benzene rings is 2. The van der Waals surface area contributed by atoms with E-state index in [1.807, 2.05) is 51.2 Å². The Kier molecular flexibility index (Phi) is 6.22. The topological polar surface area (TPSA) is 71.4 Å². The number of anilines is 1. The monoisotopic (exact) mass is 419 g/mol. The fourth-order valence-electron chi connectivity index (χ4n) is 3.09. The van der Waals surface area contributed by atoms with Crippen LogP contribution in [0.3, 0.4) is 0 Å². The molecular formula is C20H25N3O3S2. The summed E-state index contributed by atoms with van der Waals surface area (Å²) in [5.41, 5.74) is 1.87. The number of nitrogens with zero attached hydrogens (tertiary/aromatic N) is 2. The van der Waals surface area contributed by atoms with E-state index in [0.717, 1.165) is 29.1 Å². The highest BCUT2D eigenvalue weighted by atomic mass is 32.2. The highest BCUT2D eigenvalue weighted by Crippen LogP contribution is 2.24. The van der Waals surface area contributed by atoms with Gasteiger partial charge < -0.3 is 4.90 Å². The molecule has 3 aromatic rings. The van der Waals surface area contributed by atoms with Gasteiger partial charge in [-0.1, -0.05) is 29.5 Å². The van der Waals surface area contributed by atoms with E-state index in [2.05, 4.69) is 9.62 Å². The normalized spacial score (nSPS) is 12.0. The molecule has 0 aliphatic carbocycles. The third-order valence-electron chi connectivity index (χ3n) is 4.57. The Morgan fingerprint density at radius 2 is 1.86 bits per heavy atom. The van der Waals surface area contributed by atoms with Crippen molar-refractivity contribution in [2.45, 2.75) is 31.2 Å². The van der Waals surface area contributed by atoms with Gasteiger partial charge in [-0.15, -0.1) is 0 Å². The van der Waals surface area contributed by atoms with E-state index in [4.69, 9.17) is 0 Å². The Balaban J connectivity index is 1.65. The van der Waals surface area contributed by atoms with Gasteiger partial charge in [0.2, 0.25) is 10.0 Å². The van der Waals surface area contributed by atoms with E-state index in [9.17, 15) is 13.2 Å². The molecule has 0 saturated carbocycles. The van der Waals surface area contributed by atoms with Crippen molar-refractivity contribution >= 4 is 37.3 Å². The smallest absolute Gasteiger partial charge is 0.308 e. The molecule has 0 bridgehead atoms. The number of sulfonamides is 1. The van der Waals surface area contributed by atoms with E-state index < -0.39 is 10.0 Å². The van der Waals surface area contributed by atoms with Gasteiger partial charge in [0.15, 0.2) is 0 Å². The summed E-state index contributed by atoms with van der Waals surface area (Å²) >= 11 is 1.08. The minimum atomic E-state index is -3.61. The standard InChI is InChI=1S/C20H25N3O3S2/c1-15(2)23-18-11-10-17(14-19(18)27-20(23)24)28(25,26)21-12-7-13-22(3)16-8-5-4-6-9-16/h4-6,8-11,14-15,21H,7,12-13H2,1-3H3. The number of thiazole rings is 1. The lowest BCUT2D eigenvalue weighted by Crippen LogP contribution is -2.28. The van der Waals surface area contributed by atoms with Crippen LogP contribution in [0.2, 0.25) is 0 Å². The fourth-order valence-corrected chi connectivity index (χ4v) is 5.32. The Morgan fingerprint density at radius 1 is 1.14 bits per heavy atom. The van der Waals surface area contributed by atoms with E-state index in [0.29, 0.717) is 17.7 Å². The fraction of sp³-hybridized carbons (Fsp3) is 0.350. The van der Waals surface area contributed by atoms with E-state index in [1.54, 1.807) is 22.8 Å². The highest BCUT2D eigenvalue weighted by Gasteiger charge is 2.17. The minimum Gasteiger partial charge on any atom is -0.375 e. The van der Waals surface area contributed by atoms with Crippen molar-refractivity contribution in [3.8, 4) is 0 Å². The largest absolute Gasteiger partial charge is 0.375 e. The zero-order chi connectivity index (χ0) is 20.3. The van der Waals surface area contributed by atoms with Gasteiger partial charge in [0.25, 0.3) is 0 Å². The summed E-state index contributed by atoms with van der Waals surface area (Å²) in [6, 6.07) is 14.9. The molecule has 0 atom stereocenters. The molecule has 0 unspecified atom stereocenters. The molecule has 0 radical (unpaired) electrons. The number of aromatic nitrogens is 1. The van der Waals surface area contributed by atoms with Crippen LogP contribution in [-0.2, 0) is 10.0 Å². The second-order valence-electron chi connectivity index (χ2n) is 6.97. The highest BCUT2D eigenvalue weighted by molar-refractivity contribution is 7.89. The minimum absolute atomic E-state index is 0.0310. The summed E-state index contributed by atoms with van der Waals surface area (Å²) in [7, 11) is -1.63. The molecule has 1 heterocycles. The van der Waals surface area contributed by atoms with E-state index in [1.165, 1.54) is 0 Å². The van der Waals surface area contributed by atoms with Crippen molar-refractivity contribution in [3.05, 3.63) is 58.2 Å². The number of hydrogen-bond acceptors (Lipinski definition) is 5. The van der Waals surface area contributed by atoms with Crippen molar-refractivity contribution in [1.82, 2.24) is 9.29 Å². The van der Waals surface area contributed by atoms with Crippen molar-refractivity contribution in [3.63, 3.8) is 0 Å². The molecule has 1 aromatic heterocycles. The predicted molar refractivity (Wildman–Crippen MR) is 116 cm³/mol. The summed E-state index contributed by atoms with van der Waals surface area (Å²) in [6.45, 7) is 4.96. The van der Waals surface area contributed by atoms with Gasteiger partial charge >= 0.3 is 4.87 Å². The van der Waals surface area contributed by atoms with E-state index >= 15 is 0 Å². The van der Waals surface area contributed by atoms with E-state index in [-0.39, 0.29) is 15.8 Å². The second kappa shape index (κ2) is 8.46. The van der Waals surface area contributed by atoms with Crippen molar-refractivity contribution in [2.75, 3.05) is 25.0 Å². The maximum atomic E-state index is 12.6. The molecule has 28 heavy (non-hydrogen) atoms. The first-order valence-electron chi connectivity index (χ1n) is 9.20. The zero-order valence-electron chi connectivity index (χ0n) is 16.3. The molecule has 0 amide bonds. The molecular weight excluding hydrogens is 394 g/mol. The third kappa shape index (κ3) is 4.45. The molecule has 2 aromatic carbocycles. The molecule has 0 aliphatic rings. The van der Waals surface area contributed by atoms with Crippen LogP contribution in [0.4, 0.5) is 5.69 Å². The third-order valence-corrected chi connectivity index (χ3v) is 6.95. The van der Waals surface area contributed by atoms with Gasteiger partial charge in [-0.25, -0.2) is 13.1 Å². The first-order valence-corrected chi connectivity index (χ1v) is 11.5. The van der Waals surface area contributed by atoms with Crippen molar-refractivity contribution in [1.29, 1.82) is 0 Å². The number of hydrogen-bond donors (Lipinski definition) is 1. The maximum Gasteiger partial charge on any atom is 0.308 e. The van der Waals surface area contributed by atoms with Gasteiger partial charge in [-0.05, 0) is 50.6 Å². The maximum absolute atomic E-state index is 12.6. The Labute approximate surface area is 169 Å². The van der Waals surface area contributed by atoms with Crippen LogP contribution in [0, 0.1) is 0 Å². The van der Waals surface area contributed by atoms with Gasteiger partial charge in [0.05, 0.1) is 15.1 Å². The average Bonchev–Trinajstić information content (AvgIpc) is 3.00. The molecule has 3 rings (SSSR count). The van der Waals surface area contributed by atoms with Crippen molar-refractivity contribution < 1.29 is 8.42 Å². The molecule has 0 fully saturated rings. The Hall–Kier alpha value is -2.16. The zero-order valence-corrected chi connectivity index (χ0v) is 17.9. The van der Waals surface area contributed by atoms with Crippen LogP contribution >= 0.6 is 11.3 Å². The lowest BCUT2D eigenvalue weighted by atomic mass is 10.3. The summed E-state index contributed by atoms with van der Waals surface area (Å²) in [5, 5.41) is 0. The summed E-state index contributed by atoms with van der Waals surface area (Å²) < 4.78 is 30.2. The molecule has 0 saturated heterocycles. The SMILES string of the molecule is CC(C)n1c(=O)sc2cc(S(=O)(=O)NCCCN(C)c3ccccc3)ccc21. The number of rotatable bonds is 8. The molecule has 150 valence electrons. The quantitative estimate of drug-likeness (QED) is 0.568. The molecule has 0 aliphatic heterocycles. The van der Waals surface area contributed by atoms with Crippen LogP contribution in [0.1, 0.15) is 26.3 Å². The Bertz CT molecular complexity index is 1100. The molecule has 6 nitrogen and oxygen atoms in total. The average molecular weight is 420 g/mol. The second-order valence-corrected chi connectivity index (χ2v) is 9.73. The van der Waals surface area contributed by atoms with Gasteiger partial charge in [-0.2, -0.15) is 0 Å². The van der Waals surface area contributed by atoms with Gasteiger partial charge in [0.1, 0.15) is 0 Å². The molecule has 8 heteroatoms. The summed E-state index contributed by atoms with van der Waals surface area (Å²) in [5.74, 6) is 0. The van der Waals surface area contributed by atoms with Gasteiger partial charge in [-0.3, -0.25) is 9.36 Å². The molecule has 1 N–H and O–H groups in total. The Morgan fingerprint density at radius 3 is 2.54 bits per heavy atom. The van der Waals surface area contributed by atoms with Crippen molar-refractivity contribution in [2.24, 2.45) is 0 Å².